The number of aromatic hydroxyl groups is 1. The van der Waals surface area contributed by atoms with Crippen LogP contribution in [0.2, 0.25) is 0 Å². The van der Waals surface area contributed by atoms with E-state index in [1.165, 1.54) is 43.1 Å². The molecule has 0 saturated carbocycles. The van der Waals surface area contributed by atoms with E-state index in [1.54, 1.807) is 10.8 Å². The molecule has 6 nitrogen and oxygen atoms in total. The molecule has 0 aliphatic rings. The maximum absolute atomic E-state index is 12.7. The molecular formula is C23H46N4O2. The van der Waals surface area contributed by atoms with Gasteiger partial charge in [-0.3, -0.25) is 14.4 Å². The van der Waals surface area contributed by atoms with E-state index in [2.05, 4.69) is 37.5 Å². The van der Waals surface area contributed by atoms with Crippen molar-refractivity contribution in [1.82, 2.24) is 18.9 Å². The SMILES string of the molecule is CC(C)CCCCCN(C)Cn1cc(O)n(CN(C)CCCCCC(C)C)c1=O. The first kappa shape index (κ1) is 25.8. The normalized spacial score (nSPS) is 12.2. The van der Waals surface area contributed by atoms with Gasteiger partial charge in [-0.25, -0.2) is 9.36 Å². The predicted molar refractivity (Wildman–Crippen MR) is 122 cm³/mol. The largest absolute Gasteiger partial charge is 0.493 e. The van der Waals surface area contributed by atoms with Gasteiger partial charge in [0.05, 0.1) is 19.5 Å². The van der Waals surface area contributed by atoms with Gasteiger partial charge in [-0.2, -0.15) is 0 Å². The van der Waals surface area contributed by atoms with Crippen LogP contribution >= 0.6 is 0 Å². The molecule has 0 fully saturated rings. The van der Waals surface area contributed by atoms with Crippen molar-refractivity contribution in [1.29, 1.82) is 0 Å². The number of hydrogen-bond donors (Lipinski definition) is 1. The van der Waals surface area contributed by atoms with Crippen LogP contribution < -0.4 is 5.69 Å². The second kappa shape index (κ2) is 13.9. The fourth-order valence-corrected chi connectivity index (χ4v) is 3.62. The van der Waals surface area contributed by atoms with Gasteiger partial charge in [0.2, 0.25) is 5.88 Å². The quantitative estimate of drug-likeness (QED) is 0.406. The van der Waals surface area contributed by atoms with E-state index in [9.17, 15) is 9.90 Å². The highest BCUT2D eigenvalue weighted by Gasteiger charge is 2.13. The summed E-state index contributed by atoms with van der Waals surface area (Å²) in [5.74, 6) is 1.58. The molecule has 0 radical (unpaired) electrons. The minimum Gasteiger partial charge on any atom is -0.493 e. The van der Waals surface area contributed by atoms with Crippen LogP contribution in [0.4, 0.5) is 0 Å². The summed E-state index contributed by atoms with van der Waals surface area (Å²) in [5, 5.41) is 10.2. The third-order valence-electron chi connectivity index (χ3n) is 5.44. The summed E-state index contributed by atoms with van der Waals surface area (Å²) in [4.78, 5) is 16.9. The number of aromatic nitrogens is 2. The first-order valence-electron chi connectivity index (χ1n) is 11.6. The van der Waals surface area contributed by atoms with Crippen LogP contribution in [0.3, 0.4) is 0 Å². The molecule has 170 valence electrons. The van der Waals surface area contributed by atoms with Gasteiger partial charge in [0.15, 0.2) is 0 Å². The molecule has 29 heavy (non-hydrogen) atoms. The highest BCUT2D eigenvalue weighted by atomic mass is 16.3. The topological polar surface area (TPSA) is 53.6 Å². The zero-order valence-corrected chi connectivity index (χ0v) is 19.9. The molecule has 0 aromatic carbocycles. The molecule has 0 saturated heterocycles. The molecule has 1 aromatic heterocycles. The van der Waals surface area contributed by atoms with Gasteiger partial charge in [0.1, 0.15) is 0 Å². The van der Waals surface area contributed by atoms with Crippen LogP contribution in [0, 0.1) is 11.8 Å². The smallest absolute Gasteiger partial charge is 0.333 e. The van der Waals surface area contributed by atoms with Gasteiger partial charge in [-0.05, 0) is 51.9 Å². The highest BCUT2D eigenvalue weighted by molar-refractivity contribution is 5.05. The van der Waals surface area contributed by atoms with Crippen molar-refractivity contribution in [2.75, 3.05) is 27.2 Å². The molecule has 0 bridgehead atoms. The lowest BCUT2D eigenvalue weighted by molar-refractivity contribution is 0.234. The van der Waals surface area contributed by atoms with E-state index < -0.39 is 0 Å². The first-order valence-corrected chi connectivity index (χ1v) is 11.6. The van der Waals surface area contributed by atoms with Gasteiger partial charge < -0.3 is 5.11 Å². The average molecular weight is 411 g/mol. The monoisotopic (exact) mass is 410 g/mol. The Morgan fingerprint density at radius 3 is 1.79 bits per heavy atom. The maximum atomic E-state index is 12.7. The Hall–Kier alpha value is -1.27. The molecule has 1 rings (SSSR count). The lowest BCUT2D eigenvalue weighted by Crippen LogP contribution is -2.34. The molecule has 6 heteroatoms. The molecule has 0 amide bonds. The van der Waals surface area contributed by atoms with Crippen LogP contribution in [0.5, 0.6) is 5.88 Å². The highest BCUT2D eigenvalue weighted by Crippen LogP contribution is 2.11. The number of rotatable bonds is 16. The second-order valence-corrected chi connectivity index (χ2v) is 9.60. The molecular weight excluding hydrogens is 364 g/mol. The minimum absolute atomic E-state index is 0.0481. The molecule has 1 heterocycles. The third-order valence-corrected chi connectivity index (χ3v) is 5.44. The molecule has 0 spiro atoms. The van der Waals surface area contributed by atoms with Crippen LogP contribution in [0.25, 0.3) is 0 Å². The van der Waals surface area contributed by atoms with Crippen LogP contribution in [0.15, 0.2) is 11.0 Å². The molecule has 0 unspecified atom stereocenters. The lowest BCUT2D eigenvalue weighted by Gasteiger charge is -2.18. The zero-order valence-electron chi connectivity index (χ0n) is 19.9. The Bertz CT molecular complexity index is 607. The van der Waals surface area contributed by atoms with Crippen LogP contribution in [0.1, 0.15) is 79.1 Å². The summed E-state index contributed by atoms with van der Waals surface area (Å²) in [6.45, 7) is 11.9. The Morgan fingerprint density at radius 1 is 0.828 bits per heavy atom. The third kappa shape index (κ3) is 10.9. The van der Waals surface area contributed by atoms with Gasteiger partial charge in [0, 0.05) is 0 Å². The number of hydrogen-bond acceptors (Lipinski definition) is 4. The Balaban J connectivity index is 2.40. The summed E-state index contributed by atoms with van der Waals surface area (Å²) in [6.07, 6.45) is 11.4. The molecule has 1 aromatic rings. The molecule has 0 aliphatic heterocycles. The van der Waals surface area contributed by atoms with Crippen molar-refractivity contribution in [3.8, 4) is 5.88 Å². The van der Waals surface area contributed by atoms with E-state index in [-0.39, 0.29) is 11.6 Å². The van der Waals surface area contributed by atoms with Crippen LogP contribution in [-0.2, 0) is 13.3 Å². The summed E-state index contributed by atoms with van der Waals surface area (Å²) in [6, 6.07) is 0. The molecule has 0 aliphatic carbocycles. The van der Waals surface area contributed by atoms with Crippen molar-refractivity contribution in [2.24, 2.45) is 11.8 Å². The van der Waals surface area contributed by atoms with Gasteiger partial charge in [-0.15, -0.1) is 0 Å². The summed E-state index contributed by atoms with van der Waals surface area (Å²) in [7, 11) is 4.04. The van der Waals surface area contributed by atoms with Crippen molar-refractivity contribution >= 4 is 0 Å². The van der Waals surface area contributed by atoms with Crippen molar-refractivity contribution in [3.63, 3.8) is 0 Å². The Kier molecular flexibility index (Phi) is 12.3. The summed E-state index contributed by atoms with van der Waals surface area (Å²) < 4.78 is 3.07. The predicted octanol–water partition coefficient (Wildman–Crippen LogP) is 4.57. The Morgan fingerprint density at radius 2 is 1.31 bits per heavy atom. The minimum atomic E-state index is -0.138. The van der Waals surface area contributed by atoms with Gasteiger partial charge in [0.25, 0.3) is 0 Å². The van der Waals surface area contributed by atoms with Gasteiger partial charge >= 0.3 is 5.69 Å². The second-order valence-electron chi connectivity index (χ2n) is 9.60. The van der Waals surface area contributed by atoms with Gasteiger partial charge in [-0.1, -0.05) is 66.2 Å². The van der Waals surface area contributed by atoms with E-state index >= 15 is 0 Å². The van der Waals surface area contributed by atoms with Crippen molar-refractivity contribution < 1.29 is 5.11 Å². The number of imidazole rings is 1. The number of unbranched alkanes of at least 4 members (excludes halogenated alkanes) is 4. The summed E-state index contributed by atoms with van der Waals surface area (Å²) in [5.41, 5.74) is -0.138. The van der Waals surface area contributed by atoms with Crippen molar-refractivity contribution in [2.45, 2.75) is 92.4 Å². The fraction of sp³-hybridized carbons (Fsp3) is 0.870. The van der Waals surface area contributed by atoms with E-state index in [1.807, 2.05) is 14.1 Å². The van der Waals surface area contributed by atoms with E-state index in [0.717, 1.165) is 37.8 Å². The fourth-order valence-electron chi connectivity index (χ4n) is 3.62. The van der Waals surface area contributed by atoms with Crippen LogP contribution in [-0.4, -0.2) is 51.2 Å². The summed E-state index contributed by atoms with van der Waals surface area (Å²) >= 11 is 0. The van der Waals surface area contributed by atoms with Crippen molar-refractivity contribution in [3.05, 3.63) is 16.7 Å². The molecule has 1 N–H and O–H groups in total. The molecule has 0 atom stereocenters. The van der Waals surface area contributed by atoms with E-state index in [0.29, 0.717) is 13.3 Å². The number of nitrogens with zero attached hydrogens (tertiary/aromatic N) is 4. The first-order chi connectivity index (χ1) is 13.7. The lowest BCUT2D eigenvalue weighted by atomic mass is 10.1. The maximum Gasteiger partial charge on any atom is 0.333 e. The Labute approximate surface area is 178 Å². The zero-order chi connectivity index (χ0) is 21.8. The average Bonchev–Trinajstić information content (AvgIpc) is 2.88. The van der Waals surface area contributed by atoms with E-state index in [4.69, 9.17) is 0 Å². The standard InChI is InChI=1S/C23H46N4O2/c1-20(2)13-9-7-11-15-24(5)18-26-17-22(28)27(23(26)29)19-25(6)16-12-8-10-14-21(3)4/h17,20-21,28H,7-16,18-19H2,1-6H3.